The second-order valence-corrected chi connectivity index (χ2v) is 8.17. The molecule has 5 nitrogen and oxygen atoms in total. The smallest absolute Gasteiger partial charge is 0.274 e. The SMILES string of the molecule is Cc1ccccc1OCCOc1ccc(/C=c2/sc3nc4ccccc4n3c2=O)cc1. The van der Waals surface area contributed by atoms with E-state index < -0.39 is 0 Å². The molecule has 0 aliphatic heterocycles. The Morgan fingerprint density at radius 1 is 0.935 bits per heavy atom. The van der Waals surface area contributed by atoms with Crippen molar-refractivity contribution in [2.45, 2.75) is 6.92 Å². The molecule has 0 bridgehead atoms. The summed E-state index contributed by atoms with van der Waals surface area (Å²) in [5.41, 5.74) is 3.69. The van der Waals surface area contributed by atoms with Crippen LogP contribution in [0.25, 0.3) is 22.1 Å². The Kier molecular flexibility index (Phi) is 5.14. The molecule has 0 saturated carbocycles. The molecule has 0 saturated heterocycles. The van der Waals surface area contributed by atoms with Crippen molar-refractivity contribution in [3.8, 4) is 11.5 Å². The summed E-state index contributed by atoms with van der Waals surface area (Å²) < 4.78 is 13.9. The van der Waals surface area contributed by atoms with Gasteiger partial charge in [0.2, 0.25) is 0 Å². The molecule has 0 radical (unpaired) electrons. The average molecular weight is 429 g/mol. The van der Waals surface area contributed by atoms with Gasteiger partial charge in [-0.15, -0.1) is 0 Å². The number of aromatic nitrogens is 2. The zero-order valence-electron chi connectivity index (χ0n) is 16.9. The van der Waals surface area contributed by atoms with Crippen LogP contribution in [0.3, 0.4) is 0 Å². The third kappa shape index (κ3) is 3.90. The molecule has 31 heavy (non-hydrogen) atoms. The van der Waals surface area contributed by atoms with E-state index in [0.717, 1.165) is 33.7 Å². The Balaban J connectivity index is 1.28. The highest BCUT2D eigenvalue weighted by Gasteiger charge is 2.10. The fraction of sp³-hybridized carbons (Fsp3) is 0.120. The largest absolute Gasteiger partial charge is 0.490 e. The highest BCUT2D eigenvalue weighted by Crippen LogP contribution is 2.18. The molecule has 0 spiro atoms. The van der Waals surface area contributed by atoms with Crippen LogP contribution in [0.15, 0.2) is 77.6 Å². The number of nitrogens with zero attached hydrogens (tertiary/aromatic N) is 2. The van der Waals surface area contributed by atoms with Gasteiger partial charge in [0.05, 0.1) is 15.6 Å². The van der Waals surface area contributed by atoms with Crippen molar-refractivity contribution in [2.75, 3.05) is 13.2 Å². The molecule has 0 aliphatic carbocycles. The summed E-state index contributed by atoms with van der Waals surface area (Å²) in [5, 5.41) is 0. The first kappa shape index (κ1) is 19.3. The lowest BCUT2D eigenvalue weighted by Gasteiger charge is -2.10. The molecular formula is C25H20N2O3S. The number of rotatable bonds is 6. The van der Waals surface area contributed by atoms with Crippen molar-refractivity contribution in [1.29, 1.82) is 0 Å². The predicted octanol–water partition coefficient (Wildman–Crippen LogP) is 4.22. The minimum atomic E-state index is -0.0395. The van der Waals surface area contributed by atoms with Gasteiger partial charge in [0.15, 0.2) is 4.96 Å². The van der Waals surface area contributed by atoms with Crippen LogP contribution < -0.4 is 19.6 Å². The first-order valence-corrected chi connectivity index (χ1v) is 10.8. The standard InChI is InChI=1S/C25H20N2O3S/c1-17-6-2-5-9-22(17)30-15-14-29-19-12-10-18(11-13-19)16-23-24(28)27-21-8-4-3-7-20(21)26-25(27)31-23/h2-13,16H,14-15H2,1H3/b23-16+. The van der Waals surface area contributed by atoms with Crippen LogP contribution in [0, 0.1) is 6.92 Å². The summed E-state index contributed by atoms with van der Waals surface area (Å²) in [7, 11) is 0. The number of thiazole rings is 1. The minimum absolute atomic E-state index is 0.0395. The summed E-state index contributed by atoms with van der Waals surface area (Å²) in [5.74, 6) is 1.64. The highest BCUT2D eigenvalue weighted by molar-refractivity contribution is 7.15. The second-order valence-electron chi connectivity index (χ2n) is 7.17. The van der Waals surface area contributed by atoms with Crippen molar-refractivity contribution in [2.24, 2.45) is 0 Å². The third-order valence-electron chi connectivity index (χ3n) is 5.03. The first-order chi connectivity index (χ1) is 15.2. The van der Waals surface area contributed by atoms with Crippen LogP contribution in [-0.4, -0.2) is 22.6 Å². The Bertz CT molecular complexity index is 1470. The van der Waals surface area contributed by atoms with Crippen molar-refractivity contribution in [3.63, 3.8) is 0 Å². The number of aryl methyl sites for hydroxylation is 1. The quantitative estimate of drug-likeness (QED) is 0.380. The number of fused-ring (bicyclic) bond motifs is 3. The van der Waals surface area contributed by atoms with Gasteiger partial charge in [0.25, 0.3) is 5.56 Å². The lowest BCUT2D eigenvalue weighted by atomic mass is 10.2. The summed E-state index contributed by atoms with van der Waals surface area (Å²) in [6.45, 7) is 2.95. The number of benzene rings is 3. The van der Waals surface area contributed by atoms with Crippen LogP contribution >= 0.6 is 11.3 Å². The molecule has 3 aromatic carbocycles. The van der Waals surface area contributed by atoms with Gasteiger partial charge >= 0.3 is 0 Å². The Hall–Kier alpha value is -3.64. The summed E-state index contributed by atoms with van der Waals surface area (Å²) in [6.07, 6.45) is 1.89. The molecule has 0 aliphatic rings. The maximum Gasteiger partial charge on any atom is 0.274 e. The number of hydrogen-bond donors (Lipinski definition) is 0. The van der Waals surface area contributed by atoms with Gasteiger partial charge in [-0.25, -0.2) is 9.38 Å². The van der Waals surface area contributed by atoms with Crippen LogP contribution in [0.4, 0.5) is 0 Å². The normalized spacial score (nSPS) is 12.0. The molecule has 0 amide bonds. The van der Waals surface area contributed by atoms with E-state index in [1.165, 1.54) is 11.3 Å². The topological polar surface area (TPSA) is 52.8 Å². The second kappa shape index (κ2) is 8.24. The summed E-state index contributed by atoms with van der Waals surface area (Å²) in [4.78, 5) is 18.1. The van der Waals surface area contributed by atoms with E-state index in [1.54, 1.807) is 4.40 Å². The zero-order valence-corrected chi connectivity index (χ0v) is 17.8. The third-order valence-corrected chi connectivity index (χ3v) is 6.00. The van der Waals surface area contributed by atoms with Crippen molar-refractivity contribution >= 4 is 33.4 Å². The number of imidazole rings is 1. The molecule has 6 heteroatoms. The van der Waals surface area contributed by atoms with E-state index in [1.807, 2.05) is 85.8 Å². The number of hydrogen-bond acceptors (Lipinski definition) is 5. The first-order valence-electron chi connectivity index (χ1n) is 10.0. The van der Waals surface area contributed by atoms with Crippen LogP contribution in [0.5, 0.6) is 11.5 Å². The number of ether oxygens (including phenoxy) is 2. The molecule has 2 heterocycles. The molecule has 5 rings (SSSR count). The Morgan fingerprint density at radius 3 is 2.52 bits per heavy atom. The predicted molar refractivity (Wildman–Crippen MR) is 124 cm³/mol. The van der Waals surface area contributed by atoms with Crippen molar-refractivity contribution in [3.05, 3.63) is 98.8 Å². The highest BCUT2D eigenvalue weighted by atomic mass is 32.1. The molecule has 0 N–H and O–H groups in total. The van der Waals surface area contributed by atoms with Gasteiger partial charge in [-0.1, -0.05) is 53.8 Å². The van der Waals surface area contributed by atoms with E-state index >= 15 is 0 Å². The van der Waals surface area contributed by atoms with Crippen LogP contribution in [-0.2, 0) is 0 Å². The van der Waals surface area contributed by atoms with E-state index in [-0.39, 0.29) is 5.56 Å². The Morgan fingerprint density at radius 2 is 1.68 bits per heavy atom. The molecule has 154 valence electrons. The van der Waals surface area contributed by atoms with E-state index in [9.17, 15) is 4.79 Å². The minimum Gasteiger partial charge on any atom is -0.490 e. The molecule has 5 aromatic rings. The van der Waals surface area contributed by atoms with Gasteiger partial charge in [0, 0.05) is 0 Å². The lowest BCUT2D eigenvalue weighted by Crippen LogP contribution is -2.22. The molecule has 0 fully saturated rings. The zero-order chi connectivity index (χ0) is 21.2. The molecule has 0 unspecified atom stereocenters. The fourth-order valence-corrected chi connectivity index (χ4v) is 4.44. The van der Waals surface area contributed by atoms with E-state index in [2.05, 4.69) is 4.98 Å². The van der Waals surface area contributed by atoms with E-state index in [0.29, 0.717) is 22.7 Å². The monoisotopic (exact) mass is 428 g/mol. The number of para-hydroxylation sites is 3. The lowest BCUT2D eigenvalue weighted by molar-refractivity contribution is 0.216. The molecular weight excluding hydrogens is 408 g/mol. The van der Waals surface area contributed by atoms with Gasteiger partial charge in [-0.3, -0.25) is 4.79 Å². The van der Waals surface area contributed by atoms with Crippen LogP contribution in [0.2, 0.25) is 0 Å². The molecule has 0 atom stereocenters. The average Bonchev–Trinajstić information content (AvgIpc) is 3.29. The van der Waals surface area contributed by atoms with Crippen LogP contribution in [0.1, 0.15) is 11.1 Å². The van der Waals surface area contributed by atoms with Gasteiger partial charge in [-0.05, 0) is 54.5 Å². The maximum atomic E-state index is 12.9. The summed E-state index contributed by atoms with van der Waals surface area (Å²) in [6, 6.07) is 23.3. The molecule has 2 aromatic heterocycles. The van der Waals surface area contributed by atoms with Gasteiger partial charge in [0.1, 0.15) is 24.7 Å². The maximum absolute atomic E-state index is 12.9. The Labute approximate surface area is 182 Å². The fourth-order valence-electron chi connectivity index (χ4n) is 3.45. The van der Waals surface area contributed by atoms with Gasteiger partial charge in [-0.2, -0.15) is 0 Å². The van der Waals surface area contributed by atoms with Crippen molar-refractivity contribution in [1.82, 2.24) is 9.38 Å². The van der Waals surface area contributed by atoms with Crippen molar-refractivity contribution < 1.29 is 9.47 Å². The summed E-state index contributed by atoms with van der Waals surface area (Å²) >= 11 is 1.40. The van der Waals surface area contributed by atoms with E-state index in [4.69, 9.17) is 9.47 Å². The van der Waals surface area contributed by atoms with Gasteiger partial charge < -0.3 is 9.47 Å².